The summed E-state index contributed by atoms with van der Waals surface area (Å²) >= 11 is 0. The van der Waals surface area contributed by atoms with Crippen LogP contribution in [0.1, 0.15) is 38.4 Å². The Bertz CT molecular complexity index is 678. The van der Waals surface area contributed by atoms with Gasteiger partial charge in [-0.2, -0.15) is 0 Å². The van der Waals surface area contributed by atoms with Crippen LogP contribution in [0.3, 0.4) is 0 Å². The molecule has 0 atom stereocenters. The van der Waals surface area contributed by atoms with E-state index in [1.165, 1.54) is 6.07 Å². The van der Waals surface area contributed by atoms with Crippen LogP contribution in [0.4, 0.5) is 10.1 Å². The first kappa shape index (κ1) is 15.9. The normalized spacial score (nSPS) is 16.1. The Balaban J connectivity index is 2.07. The van der Waals surface area contributed by atoms with Gasteiger partial charge in [0.05, 0.1) is 11.9 Å². The smallest absolute Gasteiger partial charge is 0.132 e. The fourth-order valence-corrected chi connectivity index (χ4v) is 2.89. The average molecular weight is 314 g/mol. The molecular formula is C18H23FN4. The summed E-state index contributed by atoms with van der Waals surface area (Å²) in [5.74, 6) is 0.681. The molecule has 1 aromatic carbocycles. The van der Waals surface area contributed by atoms with Gasteiger partial charge in [-0.25, -0.2) is 14.4 Å². The van der Waals surface area contributed by atoms with E-state index < -0.39 is 0 Å². The van der Waals surface area contributed by atoms with Crippen molar-refractivity contribution in [3.8, 4) is 11.3 Å². The zero-order valence-corrected chi connectivity index (χ0v) is 13.7. The van der Waals surface area contributed by atoms with Crippen molar-refractivity contribution in [2.75, 3.05) is 18.0 Å². The predicted octanol–water partition coefficient (Wildman–Crippen LogP) is 3.33. The van der Waals surface area contributed by atoms with Crippen molar-refractivity contribution in [1.82, 2.24) is 9.97 Å². The highest BCUT2D eigenvalue weighted by Crippen LogP contribution is 2.32. The molecular weight excluding hydrogens is 291 g/mol. The molecule has 4 nitrogen and oxygen atoms in total. The minimum absolute atomic E-state index is 0.198. The van der Waals surface area contributed by atoms with Crippen LogP contribution >= 0.6 is 0 Å². The van der Waals surface area contributed by atoms with Crippen LogP contribution in [0.25, 0.3) is 11.3 Å². The number of rotatable bonds is 3. The first-order valence-electron chi connectivity index (χ1n) is 8.18. The van der Waals surface area contributed by atoms with Crippen LogP contribution in [-0.2, 0) is 0 Å². The van der Waals surface area contributed by atoms with Gasteiger partial charge in [0.1, 0.15) is 17.3 Å². The SMILES string of the molecule is CC(C)c1ncc(N2CCC(N)CC2)c(-c2ccccc2F)n1. The first-order valence-corrected chi connectivity index (χ1v) is 8.18. The molecule has 5 heteroatoms. The van der Waals surface area contributed by atoms with Crippen molar-refractivity contribution >= 4 is 5.69 Å². The van der Waals surface area contributed by atoms with E-state index in [9.17, 15) is 4.39 Å². The van der Waals surface area contributed by atoms with Crippen LogP contribution in [0.5, 0.6) is 0 Å². The Kier molecular flexibility index (Phi) is 4.57. The first-order chi connectivity index (χ1) is 11.1. The summed E-state index contributed by atoms with van der Waals surface area (Å²) in [5.41, 5.74) is 8.10. The van der Waals surface area contributed by atoms with Gasteiger partial charge in [0.15, 0.2) is 0 Å². The van der Waals surface area contributed by atoms with E-state index in [0.717, 1.165) is 37.4 Å². The predicted molar refractivity (Wildman–Crippen MR) is 90.9 cm³/mol. The van der Waals surface area contributed by atoms with Crippen LogP contribution < -0.4 is 10.6 Å². The number of halogens is 1. The Morgan fingerprint density at radius 3 is 2.57 bits per heavy atom. The lowest BCUT2D eigenvalue weighted by Gasteiger charge is -2.33. The van der Waals surface area contributed by atoms with Crippen molar-refractivity contribution < 1.29 is 4.39 Å². The number of anilines is 1. The topological polar surface area (TPSA) is 55.0 Å². The number of hydrogen-bond donors (Lipinski definition) is 1. The third kappa shape index (κ3) is 3.34. The van der Waals surface area contributed by atoms with Gasteiger partial charge in [-0.1, -0.05) is 26.0 Å². The Hall–Kier alpha value is -2.01. The van der Waals surface area contributed by atoms with Crippen molar-refractivity contribution in [3.05, 3.63) is 42.1 Å². The van der Waals surface area contributed by atoms with Crippen LogP contribution in [0.2, 0.25) is 0 Å². The molecule has 0 saturated carbocycles. The standard InChI is InChI=1S/C18H23FN4/c1-12(2)18-21-11-16(23-9-7-13(20)8-10-23)17(22-18)14-5-3-4-6-15(14)19/h3-6,11-13H,7-10,20H2,1-2H3. The summed E-state index contributed by atoms with van der Waals surface area (Å²) < 4.78 is 14.3. The van der Waals surface area contributed by atoms with Crippen LogP contribution in [0.15, 0.2) is 30.5 Å². The van der Waals surface area contributed by atoms with Gasteiger partial charge < -0.3 is 10.6 Å². The summed E-state index contributed by atoms with van der Waals surface area (Å²) in [7, 11) is 0. The van der Waals surface area contributed by atoms with Gasteiger partial charge in [-0.15, -0.1) is 0 Å². The minimum atomic E-state index is -0.254. The van der Waals surface area contributed by atoms with Crippen molar-refractivity contribution in [2.45, 2.75) is 38.6 Å². The number of aromatic nitrogens is 2. The Morgan fingerprint density at radius 2 is 1.91 bits per heavy atom. The van der Waals surface area contributed by atoms with E-state index >= 15 is 0 Å². The van der Waals surface area contributed by atoms with Gasteiger partial charge in [-0.05, 0) is 25.0 Å². The van der Waals surface area contributed by atoms with Gasteiger partial charge in [0.25, 0.3) is 0 Å². The van der Waals surface area contributed by atoms with Gasteiger partial charge >= 0.3 is 0 Å². The van der Waals surface area contributed by atoms with Crippen molar-refractivity contribution in [3.63, 3.8) is 0 Å². The highest BCUT2D eigenvalue weighted by Gasteiger charge is 2.22. The number of nitrogens with zero attached hydrogens (tertiary/aromatic N) is 3. The second-order valence-corrected chi connectivity index (χ2v) is 6.42. The number of piperidine rings is 1. The summed E-state index contributed by atoms with van der Waals surface area (Å²) in [6, 6.07) is 7.04. The van der Waals surface area contributed by atoms with E-state index in [2.05, 4.69) is 14.9 Å². The average Bonchev–Trinajstić information content (AvgIpc) is 2.55. The molecule has 2 heterocycles. The molecule has 1 aliphatic rings. The molecule has 1 fully saturated rings. The number of nitrogens with two attached hydrogens (primary N) is 1. The molecule has 122 valence electrons. The highest BCUT2D eigenvalue weighted by atomic mass is 19.1. The van der Waals surface area contributed by atoms with Gasteiger partial charge in [0.2, 0.25) is 0 Å². The van der Waals surface area contributed by atoms with Gasteiger partial charge in [-0.3, -0.25) is 0 Å². The summed E-state index contributed by atoms with van der Waals surface area (Å²) in [6.07, 6.45) is 3.70. The van der Waals surface area contributed by atoms with Gasteiger partial charge in [0, 0.05) is 30.6 Å². The zero-order chi connectivity index (χ0) is 16.4. The fraction of sp³-hybridized carbons (Fsp3) is 0.444. The number of hydrogen-bond acceptors (Lipinski definition) is 4. The monoisotopic (exact) mass is 314 g/mol. The maximum atomic E-state index is 14.3. The highest BCUT2D eigenvalue weighted by molar-refractivity contribution is 5.75. The zero-order valence-electron chi connectivity index (χ0n) is 13.7. The third-order valence-corrected chi connectivity index (χ3v) is 4.31. The molecule has 1 aliphatic heterocycles. The van der Waals surface area contributed by atoms with E-state index in [1.54, 1.807) is 12.1 Å². The molecule has 0 aliphatic carbocycles. The minimum Gasteiger partial charge on any atom is -0.368 e. The van der Waals surface area contributed by atoms with Crippen molar-refractivity contribution in [1.29, 1.82) is 0 Å². The molecule has 0 spiro atoms. The molecule has 23 heavy (non-hydrogen) atoms. The molecule has 1 saturated heterocycles. The van der Waals surface area contributed by atoms with E-state index in [-0.39, 0.29) is 17.8 Å². The lowest BCUT2D eigenvalue weighted by Crippen LogP contribution is -2.40. The second kappa shape index (κ2) is 6.62. The van der Waals surface area contributed by atoms with Crippen LogP contribution in [-0.4, -0.2) is 29.1 Å². The maximum Gasteiger partial charge on any atom is 0.132 e. The largest absolute Gasteiger partial charge is 0.368 e. The van der Waals surface area contributed by atoms with E-state index in [4.69, 9.17) is 5.73 Å². The Labute approximate surface area is 136 Å². The summed E-state index contributed by atoms with van der Waals surface area (Å²) in [6.45, 7) is 5.79. The molecule has 0 unspecified atom stereocenters. The number of benzene rings is 1. The van der Waals surface area contributed by atoms with E-state index in [1.807, 2.05) is 26.1 Å². The molecule has 0 amide bonds. The fourth-order valence-electron chi connectivity index (χ4n) is 2.89. The van der Waals surface area contributed by atoms with E-state index in [0.29, 0.717) is 11.3 Å². The molecule has 1 aromatic heterocycles. The summed E-state index contributed by atoms with van der Waals surface area (Å²) in [5, 5.41) is 0. The molecule has 0 bridgehead atoms. The lowest BCUT2D eigenvalue weighted by molar-refractivity contribution is 0.500. The maximum absolute atomic E-state index is 14.3. The molecule has 3 rings (SSSR count). The summed E-state index contributed by atoms with van der Waals surface area (Å²) in [4.78, 5) is 11.4. The van der Waals surface area contributed by atoms with Crippen molar-refractivity contribution in [2.24, 2.45) is 5.73 Å². The third-order valence-electron chi connectivity index (χ3n) is 4.31. The quantitative estimate of drug-likeness (QED) is 0.944. The Morgan fingerprint density at radius 1 is 1.22 bits per heavy atom. The second-order valence-electron chi connectivity index (χ2n) is 6.42. The molecule has 2 aromatic rings. The lowest BCUT2D eigenvalue weighted by atomic mass is 10.0. The molecule has 2 N–H and O–H groups in total. The van der Waals surface area contributed by atoms with Crippen LogP contribution in [0, 0.1) is 5.82 Å². The molecule has 0 radical (unpaired) electrons.